The molecular weight excluding hydrogens is 312 g/mol. The maximum absolute atomic E-state index is 9.91. The van der Waals surface area contributed by atoms with E-state index in [9.17, 15) is 5.11 Å². The lowest BCUT2D eigenvalue weighted by atomic mass is 10.1. The highest BCUT2D eigenvalue weighted by molar-refractivity contribution is 5.74. The number of benzene rings is 2. The normalized spacial score (nSPS) is 11.4. The number of hydrogen-bond donors (Lipinski definition) is 1. The Morgan fingerprint density at radius 1 is 0.880 bits per heavy atom. The maximum atomic E-state index is 9.91. The first-order valence-corrected chi connectivity index (χ1v) is 7.96. The molecule has 0 aliphatic rings. The van der Waals surface area contributed by atoms with Gasteiger partial charge in [-0.25, -0.2) is 4.98 Å². The molecule has 5 nitrogen and oxygen atoms in total. The zero-order chi connectivity index (χ0) is 17.2. The predicted octanol–water partition coefficient (Wildman–Crippen LogP) is 5.43. The van der Waals surface area contributed by atoms with E-state index in [0.717, 1.165) is 22.5 Å². The van der Waals surface area contributed by atoms with E-state index in [2.05, 4.69) is 10.2 Å². The molecular formula is C20H16N4O. The molecule has 0 unspecified atom stereocenters. The number of aromatic nitrogens is 2. The summed E-state index contributed by atoms with van der Waals surface area (Å²) in [4.78, 5) is 4.71. The van der Waals surface area contributed by atoms with Crippen LogP contribution < -0.4 is 0 Å². The third kappa shape index (κ3) is 2.87. The second-order valence-corrected chi connectivity index (χ2v) is 5.77. The molecule has 0 bridgehead atoms. The minimum Gasteiger partial charge on any atom is -0.506 e. The quantitative estimate of drug-likeness (QED) is 0.510. The summed E-state index contributed by atoms with van der Waals surface area (Å²) in [5.74, 6) is 0.727. The van der Waals surface area contributed by atoms with E-state index in [1.165, 1.54) is 0 Å². The summed E-state index contributed by atoms with van der Waals surface area (Å²) < 4.78 is 1.92. The van der Waals surface area contributed by atoms with Gasteiger partial charge in [-0.2, -0.15) is 0 Å². The highest BCUT2D eigenvalue weighted by atomic mass is 16.3. The van der Waals surface area contributed by atoms with Crippen LogP contribution in [0.15, 0.2) is 83.2 Å². The number of hydrogen-bond acceptors (Lipinski definition) is 4. The van der Waals surface area contributed by atoms with Crippen LogP contribution in [0.5, 0.6) is 5.75 Å². The second kappa shape index (κ2) is 6.20. The number of nitrogens with zero attached hydrogens (tertiary/aromatic N) is 4. The second-order valence-electron chi connectivity index (χ2n) is 5.77. The zero-order valence-electron chi connectivity index (χ0n) is 13.7. The molecule has 1 N–H and O–H groups in total. The van der Waals surface area contributed by atoms with Crippen molar-refractivity contribution in [1.29, 1.82) is 0 Å². The fourth-order valence-corrected chi connectivity index (χ4v) is 2.67. The molecule has 0 fully saturated rings. The minimum atomic E-state index is 0.0949. The summed E-state index contributed by atoms with van der Waals surface area (Å²) in [5.41, 5.74) is 4.05. The lowest BCUT2D eigenvalue weighted by Crippen LogP contribution is -1.85. The number of rotatable bonds is 3. The summed E-state index contributed by atoms with van der Waals surface area (Å²) in [6.07, 6.45) is 1.98. The Hall–Kier alpha value is -3.47. The van der Waals surface area contributed by atoms with Crippen molar-refractivity contribution in [3.63, 3.8) is 0 Å². The Morgan fingerprint density at radius 2 is 1.64 bits per heavy atom. The molecule has 0 saturated heterocycles. The third-order valence-corrected chi connectivity index (χ3v) is 3.92. The van der Waals surface area contributed by atoms with E-state index in [4.69, 9.17) is 4.98 Å². The Bertz CT molecular complexity index is 1070. The molecule has 4 rings (SSSR count). The van der Waals surface area contributed by atoms with E-state index in [0.29, 0.717) is 11.5 Å². The van der Waals surface area contributed by atoms with Gasteiger partial charge in [-0.15, -0.1) is 10.2 Å². The summed E-state index contributed by atoms with van der Waals surface area (Å²) in [6.45, 7) is 2.02. The third-order valence-electron chi connectivity index (χ3n) is 3.92. The Balaban J connectivity index is 1.91. The van der Waals surface area contributed by atoms with Crippen molar-refractivity contribution in [3.05, 3.63) is 78.5 Å². The van der Waals surface area contributed by atoms with E-state index < -0.39 is 0 Å². The van der Waals surface area contributed by atoms with Crippen LogP contribution in [-0.4, -0.2) is 14.5 Å². The largest absolute Gasteiger partial charge is 0.506 e. The zero-order valence-corrected chi connectivity index (χ0v) is 13.7. The summed E-state index contributed by atoms with van der Waals surface area (Å²) >= 11 is 0. The van der Waals surface area contributed by atoms with Crippen molar-refractivity contribution in [1.82, 2.24) is 9.38 Å². The van der Waals surface area contributed by atoms with Gasteiger partial charge >= 0.3 is 0 Å². The SMILES string of the molecule is Cc1ccc2nc(-c3ccccc3)c(N=Nc3ccccc3O)n2c1. The molecule has 4 aromatic rings. The number of para-hydroxylation sites is 1. The van der Waals surface area contributed by atoms with Gasteiger partial charge < -0.3 is 5.11 Å². The molecule has 25 heavy (non-hydrogen) atoms. The van der Waals surface area contributed by atoms with Gasteiger partial charge in [-0.1, -0.05) is 48.5 Å². The van der Waals surface area contributed by atoms with E-state index in [1.54, 1.807) is 18.2 Å². The molecule has 0 amide bonds. The molecule has 0 radical (unpaired) electrons. The molecule has 2 aromatic carbocycles. The number of phenolic OH excluding ortho intramolecular Hbond substituents is 1. The number of phenols is 1. The van der Waals surface area contributed by atoms with Crippen molar-refractivity contribution in [2.45, 2.75) is 6.92 Å². The van der Waals surface area contributed by atoms with Crippen LogP contribution in [0.1, 0.15) is 5.56 Å². The average Bonchev–Trinajstić information content (AvgIpc) is 2.99. The number of aryl methyl sites for hydroxylation is 1. The van der Waals surface area contributed by atoms with Gasteiger partial charge in [-0.3, -0.25) is 4.40 Å². The molecule has 0 spiro atoms. The van der Waals surface area contributed by atoms with Gasteiger partial charge in [0, 0.05) is 11.8 Å². The Kier molecular flexibility index (Phi) is 3.74. The molecule has 5 heteroatoms. The molecule has 0 aliphatic carbocycles. The van der Waals surface area contributed by atoms with Crippen LogP contribution in [0.25, 0.3) is 16.9 Å². The van der Waals surface area contributed by atoms with Crippen LogP contribution in [0.3, 0.4) is 0 Å². The van der Waals surface area contributed by atoms with Crippen LogP contribution in [0.4, 0.5) is 11.5 Å². The minimum absolute atomic E-state index is 0.0949. The van der Waals surface area contributed by atoms with Crippen molar-refractivity contribution in [2.24, 2.45) is 10.2 Å². The first kappa shape index (κ1) is 15.1. The van der Waals surface area contributed by atoms with Crippen LogP contribution >= 0.6 is 0 Å². The molecule has 122 valence electrons. The lowest BCUT2D eigenvalue weighted by molar-refractivity contribution is 0.476. The highest BCUT2D eigenvalue weighted by Gasteiger charge is 2.14. The molecule has 2 heterocycles. The van der Waals surface area contributed by atoms with Gasteiger partial charge in [0.15, 0.2) is 5.82 Å². The van der Waals surface area contributed by atoms with E-state index in [1.807, 2.05) is 66.1 Å². The van der Waals surface area contributed by atoms with Gasteiger partial charge in [-0.05, 0) is 30.7 Å². The number of imidazole rings is 1. The molecule has 0 saturated carbocycles. The van der Waals surface area contributed by atoms with Crippen molar-refractivity contribution >= 4 is 17.2 Å². The maximum Gasteiger partial charge on any atom is 0.187 e. The first-order chi connectivity index (χ1) is 12.2. The molecule has 2 aromatic heterocycles. The first-order valence-electron chi connectivity index (χ1n) is 7.96. The van der Waals surface area contributed by atoms with Gasteiger partial charge in [0.1, 0.15) is 22.8 Å². The topological polar surface area (TPSA) is 62.2 Å². The summed E-state index contributed by atoms with van der Waals surface area (Å²) in [6, 6.07) is 20.7. The Morgan fingerprint density at radius 3 is 2.44 bits per heavy atom. The fraction of sp³-hybridized carbons (Fsp3) is 0.0500. The van der Waals surface area contributed by atoms with Crippen molar-refractivity contribution in [3.8, 4) is 17.0 Å². The van der Waals surface area contributed by atoms with Gasteiger partial charge in [0.05, 0.1) is 0 Å². The average molecular weight is 328 g/mol. The fourth-order valence-electron chi connectivity index (χ4n) is 2.67. The number of fused-ring (bicyclic) bond motifs is 1. The van der Waals surface area contributed by atoms with Crippen molar-refractivity contribution in [2.75, 3.05) is 0 Å². The van der Waals surface area contributed by atoms with Gasteiger partial charge in [0.25, 0.3) is 0 Å². The van der Waals surface area contributed by atoms with Crippen LogP contribution in [0.2, 0.25) is 0 Å². The van der Waals surface area contributed by atoms with E-state index >= 15 is 0 Å². The monoisotopic (exact) mass is 328 g/mol. The lowest BCUT2D eigenvalue weighted by Gasteiger charge is -2.01. The summed E-state index contributed by atoms with van der Waals surface area (Å²) in [7, 11) is 0. The van der Waals surface area contributed by atoms with Crippen LogP contribution in [-0.2, 0) is 0 Å². The number of azo groups is 1. The number of pyridine rings is 1. The van der Waals surface area contributed by atoms with Crippen molar-refractivity contribution < 1.29 is 5.11 Å². The van der Waals surface area contributed by atoms with Gasteiger partial charge in [0.2, 0.25) is 0 Å². The standard InChI is InChI=1S/C20H16N4O/c1-14-11-12-18-21-19(15-7-3-2-4-8-15)20(24(18)13-14)23-22-16-9-5-6-10-17(16)25/h2-13,25H,1H3. The van der Waals surface area contributed by atoms with E-state index in [-0.39, 0.29) is 5.75 Å². The van der Waals surface area contributed by atoms with Crippen LogP contribution in [0, 0.1) is 6.92 Å². The number of aromatic hydroxyl groups is 1. The molecule has 0 atom stereocenters. The predicted molar refractivity (Wildman–Crippen MR) is 97.6 cm³/mol. The Labute approximate surface area is 144 Å². The molecule has 0 aliphatic heterocycles. The smallest absolute Gasteiger partial charge is 0.187 e. The summed E-state index contributed by atoms with van der Waals surface area (Å²) in [5, 5.41) is 18.5. The highest BCUT2D eigenvalue weighted by Crippen LogP contribution is 2.33.